The van der Waals surface area contributed by atoms with E-state index in [0.717, 1.165) is 13.0 Å². The highest BCUT2D eigenvalue weighted by Crippen LogP contribution is 2.06. The van der Waals surface area contributed by atoms with Crippen LogP contribution in [0, 0.1) is 0 Å². The van der Waals surface area contributed by atoms with Gasteiger partial charge in [-0.3, -0.25) is 9.69 Å². The summed E-state index contributed by atoms with van der Waals surface area (Å²) in [4.78, 5) is 15.7. The molecule has 2 heterocycles. The smallest absolute Gasteiger partial charge is 0.237 e. The highest BCUT2D eigenvalue weighted by molar-refractivity contribution is 7.91. The Morgan fingerprint density at radius 1 is 1.12 bits per heavy atom. The zero-order valence-corrected chi connectivity index (χ0v) is 10.7. The lowest BCUT2D eigenvalue weighted by atomic mass is 10.2. The molecule has 0 bridgehead atoms. The van der Waals surface area contributed by atoms with Crippen molar-refractivity contribution < 1.29 is 13.2 Å². The number of hydrogen-bond donors (Lipinski definition) is 0. The van der Waals surface area contributed by atoms with E-state index in [4.69, 9.17) is 0 Å². The van der Waals surface area contributed by atoms with Gasteiger partial charge in [-0.1, -0.05) is 12.2 Å². The zero-order valence-electron chi connectivity index (χ0n) is 9.84. The van der Waals surface area contributed by atoms with Crippen LogP contribution in [0.25, 0.3) is 0 Å². The van der Waals surface area contributed by atoms with E-state index in [1.54, 1.807) is 0 Å². The summed E-state index contributed by atoms with van der Waals surface area (Å²) in [5, 5.41) is 0. The van der Waals surface area contributed by atoms with Gasteiger partial charge >= 0.3 is 0 Å². The molecule has 6 heteroatoms. The molecule has 0 N–H and O–H groups in total. The van der Waals surface area contributed by atoms with E-state index >= 15 is 0 Å². The summed E-state index contributed by atoms with van der Waals surface area (Å²) < 4.78 is 22.5. The Morgan fingerprint density at radius 3 is 2.41 bits per heavy atom. The molecule has 0 aromatic heterocycles. The van der Waals surface area contributed by atoms with Crippen LogP contribution in [-0.4, -0.2) is 68.4 Å². The molecule has 2 aliphatic heterocycles. The largest absolute Gasteiger partial charge is 0.338 e. The minimum absolute atomic E-state index is 0.105. The molecule has 1 amide bonds. The summed E-state index contributed by atoms with van der Waals surface area (Å²) in [6.45, 7) is 2.78. The maximum Gasteiger partial charge on any atom is 0.237 e. The average molecular weight is 258 g/mol. The van der Waals surface area contributed by atoms with Crippen molar-refractivity contribution in [3.05, 3.63) is 12.2 Å². The van der Waals surface area contributed by atoms with Crippen LogP contribution in [-0.2, 0) is 14.6 Å². The fourth-order valence-corrected chi connectivity index (χ4v) is 3.34. The van der Waals surface area contributed by atoms with Crippen LogP contribution in [0.4, 0.5) is 0 Å². The first kappa shape index (κ1) is 12.6. The lowest BCUT2D eigenvalue weighted by Gasteiger charge is -2.30. The first-order chi connectivity index (χ1) is 8.07. The van der Waals surface area contributed by atoms with Crippen molar-refractivity contribution >= 4 is 15.7 Å². The van der Waals surface area contributed by atoms with Gasteiger partial charge in [-0.05, 0) is 6.42 Å². The minimum atomic E-state index is -2.85. The second-order valence-electron chi connectivity index (χ2n) is 4.53. The van der Waals surface area contributed by atoms with Crippen molar-refractivity contribution in [2.45, 2.75) is 6.42 Å². The maximum atomic E-state index is 11.9. The van der Waals surface area contributed by atoms with Crippen LogP contribution in [0.15, 0.2) is 12.2 Å². The number of carbonyl (C=O) groups is 1. The maximum absolute atomic E-state index is 11.9. The Bertz CT molecular complexity index is 402. The molecule has 0 aliphatic carbocycles. The fraction of sp³-hybridized carbons (Fsp3) is 0.727. The molecule has 0 atom stereocenters. The summed E-state index contributed by atoms with van der Waals surface area (Å²) in [6, 6.07) is 0. The molecule has 96 valence electrons. The monoisotopic (exact) mass is 258 g/mol. The normalized spacial score (nSPS) is 24.8. The van der Waals surface area contributed by atoms with E-state index in [1.165, 1.54) is 0 Å². The van der Waals surface area contributed by atoms with Crippen LogP contribution < -0.4 is 0 Å². The Morgan fingerprint density at radius 2 is 1.82 bits per heavy atom. The second-order valence-corrected chi connectivity index (χ2v) is 6.83. The molecule has 0 aromatic carbocycles. The average Bonchev–Trinajstić information content (AvgIpc) is 2.33. The van der Waals surface area contributed by atoms with E-state index < -0.39 is 9.84 Å². The van der Waals surface area contributed by atoms with Gasteiger partial charge in [-0.2, -0.15) is 0 Å². The fourth-order valence-electron chi connectivity index (χ4n) is 2.07. The van der Waals surface area contributed by atoms with Gasteiger partial charge < -0.3 is 4.90 Å². The predicted octanol–water partition coefficient (Wildman–Crippen LogP) is -0.495. The molecule has 1 fully saturated rings. The molecule has 0 spiro atoms. The zero-order chi connectivity index (χ0) is 12.3. The summed E-state index contributed by atoms with van der Waals surface area (Å²) in [6.07, 6.45) is 5.00. The number of carbonyl (C=O) groups excluding carboxylic acids is 1. The highest BCUT2D eigenvalue weighted by Gasteiger charge is 2.24. The van der Waals surface area contributed by atoms with Gasteiger partial charge in [0.15, 0.2) is 9.84 Å². The van der Waals surface area contributed by atoms with Gasteiger partial charge in [0, 0.05) is 26.2 Å². The molecule has 2 rings (SSSR count). The molecule has 5 nitrogen and oxygen atoms in total. The first-order valence-electron chi connectivity index (χ1n) is 5.92. The van der Waals surface area contributed by atoms with Crippen molar-refractivity contribution in [2.75, 3.05) is 44.2 Å². The molecule has 0 saturated carbocycles. The number of amides is 1. The Kier molecular flexibility index (Phi) is 3.83. The number of nitrogens with zero attached hydrogens (tertiary/aromatic N) is 2. The van der Waals surface area contributed by atoms with Gasteiger partial charge in [0.05, 0.1) is 18.1 Å². The number of sulfone groups is 1. The number of rotatable bonds is 2. The third-order valence-corrected chi connectivity index (χ3v) is 4.82. The third-order valence-electron chi connectivity index (χ3n) is 3.21. The summed E-state index contributed by atoms with van der Waals surface area (Å²) in [5.74, 6) is 0.467. The van der Waals surface area contributed by atoms with Crippen molar-refractivity contribution in [1.29, 1.82) is 0 Å². The molecule has 2 aliphatic rings. The minimum Gasteiger partial charge on any atom is -0.338 e. The van der Waals surface area contributed by atoms with Crippen molar-refractivity contribution in [3.63, 3.8) is 0 Å². The molecule has 0 radical (unpaired) electrons. The second kappa shape index (κ2) is 5.18. The molecule has 17 heavy (non-hydrogen) atoms. The van der Waals surface area contributed by atoms with Crippen molar-refractivity contribution in [2.24, 2.45) is 0 Å². The Balaban J connectivity index is 1.81. The predicted molar refractivity (Wildman–Crippen MR) is 65.4 cm³/mol. The van der Waals surface area contributed by atoms with Gasteiger partial charge in [0.2, 0.25) is 5.91 Å². The van der Waals surface area contributed by atoms with E-state index in [-0.39, 0.29) is 17.4 Å². The summed E-state index contributed by atoms with van der Waals surface area (Å²) in [5.41, 5.74) is 0. The topological polar surface area (TPSA) is 57.7 Å². The quantitative estimate of drug-likeness (QED) is 0.627. The van der Waals surface area contributed by atoms with Crippen LogP contribution in [0.3, 0.4) is 0 Å². The Labute approximate surface area is 102 Å². The molecule has 1 saturated heterocycles. The SMILES string of the molecule is O=C(CN1CCS(=O)(=O)CC1)N1CC=CCC1. The van der Waals surface area contributed by atoms with Gasteiger partial charge in [-0.15, -0.1) is 0 Å². The van der Waals surface area contributed by atoms with Gasteiger partial charge in [0.25, 0.3) is 0 Å². The highest BCUT2D eigenvalue weighted by atomic mass is 32.2. The van der Waals surface area contributed by atoms with Crippen LogP contribution in [0.5, 0.6) is 0 Å². The van der Waals surface area contributed by atoms with Crippen molar-refractivity contribution in [3.8, 4) is 0 Å². The van der Waals surface area contributed by atoms with E-state index in [0.29, 0.717) is 26.2 Å². The molecule has 0 unspecified atom stereocenters. The van der Waals surface area contributed by atoms with Gasteiger partial charge in [-0.25, -0.2) is 8.42 Å². The van der Waals surface area contributed by atoms with E-state index in [9.17, 15) is 13.2 Å². The number of hydrogen-bond acceptors (Lipinski definition) is 4. The van der Waals surface area contributed by atoms with Crippen LogP contribution in [0.1, 0.15) is 6.42 Å². The van der Waals surface area contributed by atoms with E-state index in [1.807, 2.05) is 15.9 Å². The third kappa shape index (κ3) is 3.54. The van der Waals surface area contributed by atoms with Gasteiger partial charge in [0.1, 0.15) is 0 Å². The first-order valence-corrected chi connectivity index (χ1v) is 7.74. The Hall–Kier alpha value is -0.880. The lowest BCUT2D eigenvalue weighted by Crippen LogP contribution is -2.47. The van der Waals surface area contributed by atoms with E-state index in [2.05, 4.69) is 6.08 Å². The lowest BCUT2D eigenvalue weighted by molar-refractivity contribution is -0.132. The molecular weight excluding hydrogens is 240 g/mol. The van der Waals surface area contributed by atoms with Crippen molar-refractivity contribution in [1.82, 2.24) is 9.80 Å². The van der Waals surface area contributed by atoms with Crippen LogP contribution >= 0.6 is 0 Å². The van der Waals surface area contributed by atoms with Crippen LogP contribution in [0.2, 0.25) is 0 Å². The summed E-state index contributed by atoms with van der Waals surface area (Å²) >= 11 is 0. The standard InChI is InChI=1S/C11H18N2O3S/c14-11(13-4-2-1-3-5-13)10-12-6-8-17(15,16)9-7-12/h1-2H,3-10H2. The summed E-state index contributed by atoms with van der Waals surface area (Å²) in [7, 11) is -2.85. The molecule has 0 aromatic rings. The molecular formula is C11H18N2O3S.